The fraction of sp³-hybridized carbons (Fsp3) is 0.263. The predicted octanol–water partition coefficient (Wildman–Crippen LogP) is 0.935. The van der Waals surface area contributed by atoms with Gasteiger partial charge in [-0.3, -0.25) is 14.7 Å². The van der Waals surface area contributed by atoms with Crippen LogP contribution in [0.4, 0.5) is 11.5 Å². The summed E-state index contributed by atoms with van der Waals surface area (Å²) in [7, 11) is 1.76. The molecule has 11 nitrogen and oxygen atoms in total. The minimum Gasteiger partial charge on any atom is -0.405 e. The Bertz CT molecular complexity index is 1190. The van der Waals surface area contributed by atoms with E-state index in [9.17, 15) is 9.59 Å². The van der Waals surface area contributed by atoms with Crippen molar-refractivity contribution in [1.82, 2.24) is 25.0 Å². The number of anilines is 2. The van der Waals surface area contributed by atoms with Crippen molar-refractivity contribution in [3.63, 3.8) is 0 Å². The number of aryl methyl sites for hydroxylation is 1. The molecule has 3 rings (SSSR count). The van der Waals surface area contributed by atoms with E-state index in [1.54, 1.807) is 18.1 Å². The van der Waals surface area contributed by atoms with Crippen molar-refractivity contribution in [3.05, 3.63) is 62.2 Å². The van der Waals surface area contributed by atoms with E-state index in [1.807, 2.05) is 12.3 Å². The number of amides is 1. The molecule has 0 aromatic carbocycles. The van der Waals surface area contributed by atoms with Crippen molar-refractivity contribution < 1.29 is 4.79 Å². The van der Waals surface area contributed by atoms with Gasteiger partial charge in [0.1, 0.15) is 16.5 Å². The van der Waals surface area contributed by atoms with Crippen molar-refractivity contribution in [2.75, 3.05) is 11.9 Å². The van der Waals surface area contributed by atoms with Crippen LogP contribution < -0.4 is 21.9 Å². The highest BCUT2D eigenvalue weighted by atomic mass is 32.1. The SMILES string of the molecule is CCc1cnn(Cc2n[nH]cc2C(N)=O)c(=O)c1N(C)c1csc(CC(=N)/C=C\N)n1. The number of aromatic amines is 1. The first kappa shape index (κ1) is 21.9. The molecule has 0 atom stereocenters. The number of nitrogens with two attached hydrogens (primary N) is 2. The van der Waals surface area contributed by atoms with Crippen LogP contribution in [0, 0.1) is 5.41 Å². The van der Waals surface area contributed by atoms with Crippen molar-refractivity contribution in [3.8, 4) is 0 Å². The molecule has 0 saturated carbocycles. The van der Waals surface area contributed by atoms with E-state index < -0.39 is 5.91 Å². The Hall–Kier alpha value is -3.80. The lowest BCUT2D eigenvalue weighted by Crippen LogP contribution is -2.31. The number of hydrogen-bond donors (Lipinski definition) is 4. The van der Waals surface area contributed by atoms with Crippen molar-refractivity contribution in [2.24, 2.45) is 11.5 Å². The number of H-pyrrole nitrogens is 1. The lowest BCUT2D eigenvalue weighted by Gasteiger charge is -2.20. The zero-order valence-corrected chi connectivity index (χ0v) is 17.9. The van der Waals surface area contributed by atoms with Crippen LogP contribution in [0.1, 0.15) is 33.5 Å². The third-order valence-corrected chi connectivity index (χ3v) is 5.45. The van der Waals surface area contributed by atoms with Crippen LogP contribution >= 0.6 is 11.3 Å². The zero-order chi connectivity index (χ0) is 22.5. The number of aromatic nitrogens is 5. The maximum absolute atomic E-state index is 13.3. The summed E-state index contributed by atoms with van der Waals surface area (Å²) < 4.78 is 1.24. The third-order valence-electron chi connectivity index (χ3n) is 4.62. The van der Waals surface area contributed by atoms with Gasteiger partial charge in [0.05, 0.1) is 24.0 Å². The fourth-order valence-corrected chi connectivity index (χ4v) is 3.86. The number of carbonyl (C=O) groups is 1. The second kappa shape index (κ2) is 9.34. The summed E-state index contributed by atoms with van der Waals surface area (Å²) in [6.45, 7) is 1.93. The Kier molecular flexibility index (Phi) is 6.60. The largest absolute Gasteiger partial charge is 0.405 e. The number of nitrogens with one attached hydrogen (secondary N) is 2. The van der Waals surface area contributed by atoms with E-state index in [1.165, 1.54) is 34.5 Å². The van der Waals surface area contributed by atoms with Crippen LogP contribution in [0.3, 0.4) is 0 Å². The number of rotatable bonds is 9. The second-order valence-electron chi connectivity index (χ2n) is 6.66. The number of thiazole rings is 1. The van der Waals surface area contributed by atoms with Crippen molar-refractivity contribution >= 4 is 34.5 Å². The van der Waals surface area contributed by atoms with Gasteiger partial charge in [-0.1, -0.05) is 6.92 Å². The Morgan fingerprint density at radius 3 is 2.90 bits per heavy atom. The average Bonchev–Trinajstić information content (AvgIpc) is 3.38. The van der Waals surface area contributed by atoms with Crippen LogP contribution in [0.2, 0.25) is 0 Å². The molecule has 3 heterocycles. The van der Waals surface area contributed by atoms with Gasteiger partial charge in [0.2, 0.25) is 0 Å². The summed E-state index contributed by atoms with van der Waals surface area (Å²) in [6, 6.07) is 0. The van der Waals surface area contributed by atoms with Crippen LogP contribution in [-0.4, -0.2) is 43.6 Å². The quantitative estimate of drug-likeness (QED) is 0.357. The molecule has 3 aromatic rings. The Morgan fingerprint density at radius 1 is 1.45 bits per heavy atom. The third kappa shape index (κ3) is 4.69. The Morgan fingerprint density at radius 2 is 2.23 bits per heavy atom. The topological polar surface area (TPSA) is 173 Å². The minimum absolute atomic E-state index is 0.00363. The van der Waals surface area contributed by atoms with E-state index in [4.69, 9.17) is 16.9 Å². The number of primary amides is 1. The molecule has 12 heteroatoms. The van der Waals surface area contributed by atoms with Crippen LogP contribution in [0.25, 0.3) is 0 Å². The maximum atomic E-state index is 13.3. The Labute approximate surface area is 181 Å². The molecule has 0 saturated heterocycles. The van der Waals surface area contributed by atoms with Gasteiger partial charge in [-0.25, -0.2) is 9.67 Å². The van der Waals surface area contributed by atoms with Gasteiger partial charge < -0.3 is 21.8 Å². The van der Waals surface area contributed by atoms with Gasteiger partial charge in [-0.05, 0) is 18.7 Å². The molecule has 0 fully saturated rings. The highest BCUT2D eigenvalue weighted by molar-refractivity contribution is 7.10. The van der Waals surface area contributed by atoms with E-state index in [0.29, 0.717) is 35.8 Å². The molecular weight excluding hydrogens is 418 g/mol. The van der Waals surface area contributed by atoms with E-state index in [-0.39, 0.29) is 17.7 Å². The van der Waals surface area contributed by atoms with Gasteiger partial charge in [0.25, 0.3) is 11.5 Å². The first-order valence-corrected chi connectivity index (χ1v) is 10.3. The summed E-state index contributed by atoms with van der Waals surface area (Å²) in [4.78, 5) is 31.1. The molecule has 0 aliphatic heterocycles. The number of allylic oxidation sites excluding steroid dienone is 1. The zero-order valence-electron chi connectivity index (χ0n) is 17.1. The van der Waals surface area contributed by atoms with Gasteiger partial charge in [-0.2, -0.15) is 10.2 Å². The number of nitrogens with zero attached hydrogens (tertiary/aromatic N) is 5. The van der Waals surface area contributed by atoms with Crippen LogP contribution in [-0.2, 0) is 19.4 Å². The maximum Gasteiger partial charge on any atom is 0.291 e. The van der Waals surface area contributed by atoms with E-state index in [0.717, 1.165) is 10.6 Å². The van der Waals surface area contributed by atoms with Crippen molar-refractivity contribution in [1.29, 1.82) is 5.41 Å². The van der Waals surface area contributed by atoms with Crippen LogP contribution in [0.15, 0.2) is 34.8 Å². The highest BCUT2D eigenvalue weighted by Gasteiger charge is 2.20. The molecule has 0 aliphatic carbocycles. The van der Waals surface area contributed by atoms with Crippen molar-refractivity contribution in [2.45, 2.75) is 26.3 Å². The molecule has 1 amide bonds. The monoisotopic (exact) mass is 441 g/mol. The molecule has 0 radical (unpaired) electrons. The summed E-state index contributed by atoms with van der Waals surface area (Å²) in [5.74, 6) is -0.0453. The molecular formula is C19H23N9O2S. The van der Waals surface area contributed by atoms with Crippen LogP contribution in [0.5, 0.6) is 0 Å². The smallest absolute Gasteiger partial charge is 0.291 e. The summed E-state index contributed by atoms with van der Waals surface area (Å²) >= 11 is 1.40. The van der Waals surface area contributed by atoms with Gasteiger partial charge in [0, 0.05) is 36.3 Å². The summed E-state index contributed by atoms with van der Waals surface area (Å²) in [6.07, 6.45) is 6.79. The second-order valence-corrected chi connectivity index (χ2v) is 7.61. The van der Waals surface area contributed by atoms with Gasteiger partial charge in [-0.15, -0.1) is 11.3 Å². The molecule has 0 unspecified atom stereocenters. The molecule has 0 bridgehead atoms. The molecule has 162 valence electrons. The average molecular weight is 442 g/mol. The first-order valence-electron chi connectivity index (χ1n) is 9.41. The lowest BCUT2D eigenvalue weighted by molar-refractivity contribution is 0.0999. The molecule has 31 heavy (non-hydrogen) atoms. The molecule has 0 spiro atoms. The Balaban J connectivity index is 1.95. The first-order chi connectivity index (χ1) is 14.8. The van der Waals surface area contributed by atoms with Gasteiger partial charge >= 0.3 is 0 Å². The van der Waals surface area contributed by atoms with Gasteiger partial charge in [0.15, 0.2) is 0 Å². The summed E-state index contributed by atoms with van der Waals surface area (Å²) in [5, 5.41) is 21.3. The van der Waals surface area contributed by atoms with E-state index in [2.05, 4.69) is 20.3 Å². The lowest BCUT2D eigenvalue weighted by atomic mass is 10.2. The fourth-order valence-electron chi connectivity index (χ4n) is 3.03. The number of hydrogen-bond acceptors (Lipinski definition) is 9. The molecule has 6 N–H and O–H groups in total. The number of carbonyl (C=O) groups excluding carboxylic acids is 1. The highest BCUT2D eigenvalue weighted by Crippen LogP contribution is 2.26. The molecule has 3 aromatic heterocycles. The standard InChI is InChI=1S/C19H23N9O2S/c1-3-11-7-24-28(9-14-13(18(22)29)8-23-26-14)19(30)17(11)27(2)15-10-31-16(25-15)6-12(21)4-5-20/h4-5,7-8,10,21H,3,6,9,20H2,1-2H3,(H2,22,29)(H,23,26)/b5-4-,21-12?. The predicted molar refractivity (Wildman–Crippen MR) is 119 cm³/mol. The normalized spacial score (nSPS) is 11.2. The molecule has 0 aliphatic rings. The minimum atomic E-state index is -0.635. The van der Waals surface area contributed by atoms with E-state index >= 15 is 0 Å². The summed E-state index contributed by atoms with van der Waals surface area (Å²) in [5.41, 5.74) is 12.4.